The van der Waals surface area contributed by atoms with Crippen molar-refractivity contribution in [2.24, 2.45) is 7.05 Å². The van der Waals surface area contributed by atoms with Gasteiger partial charge in [-0.3, -0.25) is 9.58 Å². The zero-order valence-corrected chi connectivity index (χ0v) is 13.0. The Morgan fingerprint density at radius 1 is 1.19 bits per heavy atom. The van der Waals surface area contributed by atoms with Gasteiger partial charge in [0.05, 0.1) is 11.4 Å². The first-order valence-corrected chi connectivity index (χ1v) is 7.15. The molecule has 0 amide bonds. The SMILES string of the molecule is Cc1nn(C)c(C)c1CN(C)Cc1cn2ccccc2n1. The van der Waals surface area contributed by atoms with E-state index in [9.17, 15) is 0 Å². The van der Waals surface area contributed by atoms with Crippen molar-refractivity contribution in [1.29, 1.82) is 0 Å². The number of aryl methyl sites for hydroxylation is 2. The van der Waals surface area contributed by atoms with Crippen molar-refractivity contribution >= 4 is 5.65 Å². The van der Waals surface area contributed by atoms with Crippen LogP contribution in [0.3, 0.4) is 0 Å². The molecule has 0 aromatic carbocycles. The lowest BCUT2D eigenvalue weighted by atomic mass is 10.2. The van der Waals surface area contributed by atoms with E-state index >= 15 is 0 Å². The number of hydrogen-bond donors (Lipinski definition) is 0. The summed E-state index contributed by atoms with van der Waals surface area (Å²) in [4.78, 5) is 6.92. The molecule has 3 heterocycles. The molecule has 0 fully saturated rings. The van der Waals surface area contributed by atoms with Gasteiger partial charge in [0.15, 0.2) is 0 Å². The molecule has 0 spiro atoms. The van der Waals surface area contributed by atoms with Crippen LogP contribution in [0.5, 0.6) is 0 Å². The summed E-state index contributed by atoms with van der Waals surface area (Å²) in [5, 5.41) is 4.48. The number of pyridine rings is 1. The molecule has 0 saturated carbocycles. The highest BCUT2D eigenvalue weighted by Gasteiger charge is 2.12. The van der Waals surface area contributed by atoms with Crippen LogP contribution in [-0.2, 0) is 20.1 Å². The van der Waals surface area contributed by atoms with Crippen LogP contribution < -0.4 is 0 Å². The summed E-state index contributed by atoms with van der Waals surface area (Å²) in [6.07, 6.45) is 4.12. The second-order valence-electron chi connectivity index (χ2n) is 5.64. The molecular formula is C16H21N5. The lowest BCUT2D eigenvalue weighted by Crippen LogP contribution is -2.18. The maximum Gasteiger partial charge on any atom is 0.137 e. The molecule has 0 aliphatic carbocycles. The Morgan fingerprint density at radius 2 is 2.00 bits per heavy atom. The molecule has 3 rings (SSSR count). The van der Waals surface area contributed by atoms with Gasteiger partial charge in [0, 0.05) is 43.8 Å². The third kappa shape index (κ3) is 2.69. The monoisotopic (exact) mass is 283 g/mol. The topological polar surface area (TPSA) is 38.4 Å². The minimum atomic E-state index is 0.829. The van der Waals surface area contributed by atoms with Gasteiger partial charge in [0.25, 0.3) is 0 Å². The first-order chi connectivity index (χ1) is 10.0. The zero-order valence-electron chi connectivity index (χ0n) is 13.0. The number of nitrogens with zero attached hydrogens (tertiary/aromatic N) is 5. The van der Waals surface area contributed by atoms with Crippen LogP contribution >= 0.6 is 0 Å². The quantitative estimate of drug-likeness (QED) is 0.737. The highest BCUT2D eigenvalue weighted by atomic mass is 15.3. The summed E-state index contributed by atoms with van der Waals surface area (Å²) in [5.41, 5.74) is 5.73. The zero-order chi connectivity index (χ0) is 15.0. The fourth-order valence-corrected chi connectivity index (χ4v) is 2.71. The van der Waals surface area contributed by atoms with Crippen molar-refractivity contribution in [1.82, 2.24) is 24.1 Å². The molecule has 3 aromatic heterocycles. The second-order valence-corrected chi connectivity index (χ2v) is 5.64. The lowest BCUT2D eigenvalue weighted by Gasteiger charge is -2.15. The van der Waals surface area contributed by atoms with E-state index in [0.29, 0.717) is 0 Å². The van der Waals surface area contributed by atoms with Gasteiger partial charge < -0.3 is 4.40 Å². The minimum absolute atomic E-state index is 0.829. The minimum Gasteiger partial charge on any atom is -0.307 e. The Bertz CT molecular complexity index is 735. The number of aromatic nitrogens is 4. The summed E-state index contributed by atoms with van der Waals surface area (Å²) in [7, 11) is 4.11. The normalized spacial score (nSPS) is 11.7. The van der Waals surface area contributed by atoms with Crippen LogP contribution in [0.25, 0.3) is 5.65 Å². The molecule has 110 valence electrons. The summed E-state index contributed by atoms with van der Waals surface area (Å²) in [6, 6.07) is 6.06. The Morgan fingerprint density at radius 3 is 2.67 bits per heavy atom. The molecule has 0 aliphatic rings. The Labute approximate surface area is 124 Å². The van der Waals surface area contributed by atoms with Crippen LogP contribution in [0, 0.1) is 13.8 Å². The fraction of sp³-hybridized carbons (Fsp3) is 0.375. The molecule has 0 radical (unpaired) electrons. The molecule has 0 aliphatic heterocycles. The largest absolute Gasteiger partial charge is 0.307 e. The molecule has 0 unspecified atom stereocenters. The molecule has 0 atom stereocenters. The Balaban J connectivity index is 1.75. The van der Waals surface area contributed by atoms with Crippen molar-refractivity contribution in [3.8, 4) is 0 Å². The number of rotatable bonds is 4. The van der Waals surface area contributed by atoms with Crippen LogP contribution in [0.1, 0.15) is 22.6 Å². The highest BCUT2D eigenvalue weighted by molar-refractivity contribution is 5.39. The molecule has 0 N–H and O–H groups in total. The van der Waals surface area contributed by atoms with Crippen molar-refractivity contribution in [3.05, 3.63) is 53.2 Å². The molecule has 5 nitrogen and oxygen atoms in total. The molecule has 0 saturated heterocycles. The predicted octanol–water partition coefficient (Wildman–Crippen LogP) is 2.32. The van der Waals surface area contributed by atoms with E-state index in [1.807, 2.05) is 36.1 Å². The average Bonchev–Trinajstić information content (AvgIpc) is 2.94. The molecular weight excluding hydrogens is 262 g/mol. The smallest absolute Gasteiger partial charge is 0.137 e. The molecule has 5 heteroatoms. The second kappa shape index (κ2) is 5.33. The van der Waals surface area contributed by atoms with E-state index in [-0.39, 0.29) is 0 Å². The predicted molar refractivity (Wildman–Crippen MR) is 83.0 cm³/mol. The van der Waals surface area contributed by atoms with E-state index in [1.165, 1.54) is 11.3 Å². The van der Waals surface area contributed by atoms with Gasteiger partial charge in [-0.25, -0.2) is 4.98 Å². The van der Waals surface area contributed by atoms with E-state index < -0.39 is 0 Å². The van der Waals surface area contributed by atoms with E-state index in [2.05, 4.69) is 46.5 Å². The maximum absolute atomic E-state index is 4.64. The van der Waals surface area contributed by atoms with Gasteiger partial charge in [-0.05, 0) is 33.0 Å². The van der Waals surface area contributed by atoms with Crippen LogP contribution in [0.4, 0.5) is 0 Å². The first kappa shape index (κ1) is 13.8. The fourth-order valence-electron chi connectivity index (χ4n) is 2.71. The van der Waals surface area contributed by atoms with Crippen molar-refractivity contribution in [2.75, 3.05) is 7.05 Å². The third-order valence-electron chi connectivity index (χ3n) is 3.93. The van der Waals surface area contributed by atoms with Crippen molar-refractivity contribution in [2.45, 2.75) is 26.9 Å². The summed E-state index contributed by atoms with van der Waals surface area (Å²) < 4.78 is 4.01. The van der Waals surface area contributed by atoms with Gasteiger partial charge in [-0.2, -0.15) is 5.10 Å². The van der Waals surface area contributed by atoms with Gasteiger partial charge in [-0.1, -0.05) is 6.07 Å². The van der Waals surface area contributed by atoms with Gasteiger partial charge in [-0.15, -0.1) is 0 Å². The third-order valence-corrected chi connectivity index (χ3v) is 3.93. The molecule has 3 aromatic rings. The van der Waals surface area contributed by atoms with Crippen molar-refractivity contribution in [3.63, 3.8) is 0 Å². The van der Waals surface area contributed by atoms with E-state index in [0.717, 1.165) is 30.1 Å². The van der Waals surface area contributed by atoms with E-state index in [1.54, 1.807) is 0 Å². The molecule has 0 bridgehead atoms. The Kier molecular flexibility index (Phi) is 3.51. The molecule has 21 heavy (non-hydrogen) atoms. The van der Waals surface area contributed by atoms with Crippen molar-refractivity contribution < 1.29 is 0 Å². The Hall–Kier alpha value is -2.14. The summed E-state index contributed by atoms with van der Waals surface area (Å²) >= 11 is 0. The van der Waals surface area contributed by atoms with Gasteiger partial charge in [0.1, 0.15) is 5.65 Å². The van der Waals surface area contributed by atoms with Gasteiger partial charge >= 0.3 is 0 Å². The van der Waals surface area contributed by atoms with E-state index in [4.69, 9.17) is 0 Å². The van der Waals surface area contributed by atoms with Gasteiger partial charge in [0.2, 0.25) is 0 Å². The number of fused-ring (bicyclic) bond motifs is 1. The first-order valence-electron chi connectivity index (χ1n) is 7.15. The summed E-state index contributed by atoms with van der Waals surface area (Å²) in [5.74, 6) is 0. The maximum atomic E-state index is 4.64. The van der Waals surface area contributed by atoms with Crippen LogP contribution in [0.15, 0.2) is 30.6 Å². The number of imidazole rings is 1. The summed E-state index contributed by atoms with van der Waals surface area (Å²) in [6.45, 7) is 5.91. The average molecular weight is 283 g/mol. The lowest BCUT2D eigenvalue weighted by molar-refractivity contribution is 0.314. The number of hydrogen-bond acceptors (Lipinski definition) is 3. The standard InChI is InChI=1S/C16H21N5/c1-12-15(13(2)20(4)18-12)11-19(3)9-14-10-21-8-6-5-7-16(21)17-14/h5-8,10H,9,11H2,1-4H3. The van der Waals surface area contributed by atoms with Crippen LogP contribution in [0.2, 0.25) is 0 Å². The highest BCUT2D eigenvalue weighted by Crippen LogP contribution is 2.15. The van der Waals surface area contributed by atoms with Crippen LogP contribution in [-0.4, -0.2) is 31.1 Å².